The van der Waals surface area contributed by atoms with Crippen LogP contribution in [0.2, 0.25) is 0 Å². The van der Waals surface area contributed by atoms with Crippen molar-refractivity contribution in [1.82, 2.24) is 4.90 Å². The molecule has 24 heavy (non-hydrogen) atoms. The number of hydrogen-bond donors (Lipinski definition) is 1. The average Bonchev–Trinajstić information content (AvgIpc) is 3.07. The zero-order valence-electron chi connectivity index (χ0n) is 13.1. The van der Waals surface area contributed by atoms with Crippen molar-refractivity contribution in [2.75, 3.05) is 6.54 Å². The molecule has 0 spiro atoms. The van der Waals surface area contributed by atoms with Crippen LogP contribution in [0.4, 0.5) is 0 Å². The minimum absolute atomic E-state index is 0.0175. The van der Waals surface area contributed by atoms with Crippen molar-refractivity contribution in [3.05, 3.63) is 69.8 Å². The first-order chi connectivity index (χ1) is 11.6. The Morgan fingerprint density at radius 3 is 2.46 bits per heavy atom. The molecule has 122 valence electrons. The molecule has 5 heteroatoms. The van der Waals surface area contributed by atoms with Gasteiger partial charge >= 0.3 is 5.97 Å². The van der Waals surface area contributed by atoms with E-state index in [-0.39, 0.29) is 11.5 Å². The summed E-state index contributed by atoms with van der Waals surface area (Å²) >= 11 is 0. The number of amides is 1. The van der Waals surface area contributed by atoms with E-state index in [1.165, 1.54) is 0 Å². The Bertz CT molecular complexity index is 843. The molecule has 2 aliphatic heterocycles. The molecule has 1 N–H and O–H groups in total. The number of fused-ring (bicyclic) bond motifs is 2. The zero-order chi connectivity index (χ0) is 16.7. The highest BCUT2D eigenvalue weighted by atomic mass is 16.5. The molecule has 0 bridgehead atoms. The maximum atomic E-state index is 12.8. The molecule has 1 amide bonds. The number of aromatic carboxylic acids is 1. The molecule has 0 saturated carbocycles. The SMILES string of the molecule is O=C(O)c1ccc2c(c1)CN(C(=O)c1ccc3c(c1)COC3)CC2. The van der Waals surface area contributed by atoms with Crippen LogP contribution in [0, 0.1) is 0 Å². The molecule has 4 rings (SSSR count). The largest absolute Gasteiger partial charge is 0.478 e. The molecule has 0 aliphatic carbocycles. The minimum atomic E-state index is -0.945. The van der Waals surface area contributed by atoms with Crippen LogP contribution >= 0.6 is 0 Å². The van der Waals surface area contributed by atoms with Crippen LogP contribution in [0.25, 0.3) is 0 Å². The van der Waals surface area contributed by atoms with Crippen LogP contribution in [-0.2, 0) is 30.9 Å². The van der Waals surface area contributed by atoms with Gasteiger partial charge in [-0.3, -0.25) is 4.79 Å². The molecule has 0 fully saturated rings. The minimum Gasteiger partial charge on any atom is -0.478 e. The number of ether oxygens (including phenoxy) is 1. The highest BCUT2D eigenvalue weighted by molar-refractivity contribution is 5.95. The topological polar surface area (TPSA) is 66.8 Å². The van der Waals surface area contributed by atoms with Gasteiger partial charge in [-0.15, -0.1) is 0 Å². The first kappa shape index (κ1) is 14.9. The molecular formula is C19H17NO4. The van der Waals surface area contributed by atoms with Crippen LogP contribution < -0.4 is 0 Å². The summed E-state index contributed by atoms with van der Waals surface area (Å²) in [6.07, 6.45) is 0.745. The van der Waals surface area contributed by atoms with Gasteiger partial charge < -0.3 is 14.7 Å². The number of carboxylic acids is 1. The second-order valence-corrected chi connectivity index (χ2v) is 6.24. The number of hydrogen-bond acceptors (Lipinski definition) is 3. The van der Waals surface area contributed by atoms with E-state index in [1.807, 2.05) is 24.3 Å². The number of benzene rings is 2. The smallest absolute Gasteiger partial charge is 0.335 e. The second-order valence-electron chi connectivity index (χ2n) is 6.24. The van der Waals surface area contributed by atoms with E-state index in [0.29, 0.717) is 31.9 Å². The molecule has 0 saturated heterocycles. The molecular weight excluding hydrogens is 306 g/mol. The van der Waals surface area contributed by atoms with Crippen LogP contribution in [0.1, 0.15) is 43.0 Å². The molecule has 0 unspecified atom stereocenters. The molecule has 0 aromatic heterocycles. The van der Waals surface area contributed by atoms with Crippen molar-refractivity contribution in [2.24, 2.45) is 0 Å². The fourth-order valence-electron chi connectivity index (χ4n) is 3.35. The van der Waals surface area contributed by atoms with E-state index < -0.39 is 5.97 Å². The fraction of sp³-hybridized carbons (Fsp3) is 0.263. The van der Waals surface area contributed by atoms with Crippen molar-refractivity contribution in [1.29, 1.82) is 0 Å². The maximum Gasteiger partial charge on any atom is 0.335 e. The Balaban J connectivity index is 1.58. The normalized spacial score (nSPS) is 15.8. The third-order valence-corrected chi connectivity index (χ3v) is 4.72. The van der Waals surface area contributed by atoms with Crippen molar-refractivity contribution in [3.8, 4) is 0 Å². The van der Waals surface area contributed by atoms with Crippen molar-refractivity contribution >= 4 is 11.9 Å². The van der Waals surface area contributed by atoms with Crippen LogP contribution in [0.3, 0.4) is 0 Å². The summed E-state index contributed by atoms with van der Waals surface area (Å²) < 4.78 is 5.40. The third-order valence-electron chi connectivity index (χ3n) is 4.72. The summed E-state index contributed by atoms with van der Waals surface area (Å²) in [5, 5.41) is 9.14. The first-order valence-electron chi connectivity index (χ1n) is 7.96. The lowest BCUT2D eigenvalue weighted by atomic mass is 9.96. The fourth-order valence-corrected chi connectivity index (χ4v) is 3.35. The van der Waals surface area contributed by atoms with Crippen molar-refractivity contribution in [3.63, 3.8) is 0 Å². The summed E-state index contributed by atoms with van der Waals surface area (Å²) in [4.78, 5) is 25.7. The maximum absolute atomic E-state index is 12.8. The molecule has 2 aromatic rings. The zero-order valence-corrected chi connectivity index (χ0v) is 13.1. The summed E-state index contributed by atoms with van der Waals surface area (Å²) in [5.74, 6) is -0.962. The van der Waals surface area contributed by atoms with Crippen molar-refractivity contribution in [2.45, 2.75) is 26.2 Å². The lowest BCUT2D eigenvalue weighted by molar-refractivity contribution is 0.0696. The Kier molecular flexibility index (Phi) is 3.58. The van der Waals surface area contributed by atoms with Crippen molar-refractivity contribution < 1.29 is 19.4 Å². The van der Waals surface area contributed by atoms with Crippen LogP contribution in [-0.4, -0.2) is 28.4 Å². The summed E-state index contributed by atoms with van der Waals surface area (Å²) in [6.45, 7) is 2.26. The molecule has 0 atom stereocenters. The average molecular weight is 323 g/mol. The van der Waals surface area contributed by atoms with E-state index in [4.69, 9.17) is 9.84 Å². The van der Waals surface area contributed by atoms with Gasteiger partial charge in [-0.1, -0.05) is 12.1 Å². The van der Waals surface area contributed by atoms with Gasteiger partial charge in [-0.05, 0) is 52.9 Å². The standard InChI is InChI=1S/C19H17NO4/c21-18(13-2-4-15-10-24-11-17(15)7-13)20-6-5-12-1-3-14(19(22)23)8-16(12)9-20/h1-4,7-8H,5-6,9-11H2,(H,22,23). The molecule has 2 heterocycles. The Morgan fingerprint density at radius 1 is 0.917 bits per heavy atom. The van der Waals surface area contributed by atoms with Crippen LogP contribution in [0.5, 0.6) is 0 Å². The third kappa shape index (κ3) is 2.57. The van der Waals surface area contributed by atoms with Gasteiger partial charge in [0.05, 0.1) is 18.8 Å². The highest BCUT2D eigenvalue weighted by Crippen LogP contribution is 2.25. The van der Waals surface area contributed by atoms with E-state index in [9.17, 15) is 9.59 Å². The second kappa shape index (κ2) is 5.76. The van der Waals surface area contributed by atoms with Gasteiger partial charge in [-0.25, -0.2) is 4.79 Å². The summed E-state index contributed by atoms with van der Waals surface area (Å²) in [7, 11) is 0. The van der Waals surface area contributed by atoms with Crippen LogP contribution in [0.15, 0.2) is 36.4 Å². The lowest BCUT2D eigenvalue weighted by Crippen LogP contribution is -2.36. The number of carbonyl (C=O) groups is 2. The van der Waals surface area contributed by atoms with Gasteiger partial charge in [0.1, 0.15) is 0 Å². The highest BCUT2D eigenvalue weighted by Gasteiger charge is 2.24. The lowest BCUT2D eigenvalue weighted by Gasteiger charge is -2.29. The molecule has 0 radical (unpaired) electrons. The number of nitrogens with zero attached hydrogens (tertiary/aromatic N) is 1. The predicted molar refractivity (Wildman–Crippen MR) is 86.8 cm³/mol. The van der Waals surface area contributed by atoms with E-state index in [0.717, 1.165) is 28.7 Å². The predicted octanol–water partition coefficient (Wildman–Crippen LogP) is 2.61. The molecule has 2 aromatic carbocycles. The van der Waals surface area contributed by atoms with E-state index in [1.54, 1.807) is 17.0 Å². The van der Waals surface area contributed by atoms with E-state index >= 15 is 0 Å². The quantitative estimate of drug-likeness (QED) is 0.922. The Labute approximate surface area is 139 Å². The Hall–Kier alpha value is -2.66. The van der Waals surface area contributed by atoms with Gasteiger partial charge in [0.2, 0.25) is 0 Å². The monoisotopic (exact) mass is 323 g/mol. The molecule has 5 nitrogen and oxygen atoms in total. The number of carboxylic acid groups (broad SMARTS) is 1. The summed E-state index contributed by atoms with van der Waals surface area (Å²) in [6, 6.07) is 10.9. The van der Waals surface area contributed by atoms with Gasteiger partial charge in [0, 0.05) is 18.7 Å². The Morgan fingerprint density at radius 2 is 1.62 bits per heavy atom. The first-order valence-corrected chi connectivity index (χ1v) is 7.96. The molecule has 2 aliphatic rings. The van der Waals surface area contributed by atoms with Gasteiger partial charge in [0.25, 0.3) is 5.91 Å². The summed E-state index contributed by atoms with van der Waals surface area (Å²) in [5.41, 5.74) is 5.17. The van der Waals surface area contributed by atoms with Gasteiger partial charge in [-0.2, -0.15) is 0 Å². The van der Waals surface area contributed by atoms with Gasteiger partial charge in [0.15, 0.2) is 0 Å². The number of carbonyl (C=O) groups excluding carboxylic acids is 1. The number of rotatable bonds is 2. The van der Waals surface area contributed by atoms with E-state index in [2.05, 4.69) is 0 Å².